The van der Waals surface area contributed by atoms with Gasteiger partial charge >= 0.3 is 0 Å². The number of likely N-dealkylation sites (tertiary alicyclic amines) is 1. The van der Waals surface area contributed by atoms with Crippen molar-refractivity contribution in [1.29, 1.82) is 0 Å². The molecular formula is C14H19BrN2O2. The van der Waals surface area contributed by atoms with Crippen LogP contribution < -0.4 is 5.73 Å². The molecule has 3 N–H and O–H groups in total. The summed E-state index contributed by atoms with van der Waals surface area (Å²) in [5, 5.41) is 9.45. The Labute approximate surface area is 121 Å². The number of aliphatic hydroxyl groups is 1. The summed E-state index contributed by atoms with van der Waals surface area (Å²) in [6.45, 7) is 4.62. The van der Waals surface area contributed by atoms with Crippen LogP contribution in [0.5, 0.6) is 0 Å². The fraction of sp³-hybridized carbons (Fsp3) is 0.500. The first-order chi connectivity index (χ1) is 8.95. The minimum atomic E-state index is -0.0906. The summed E-state index contributed by atoms with van der Waals surface area (Å²) >= 11 is 3.37. The normalized spacial score (nSPS) is 22.8. The highest BCUT2D eigenvalue weighted by atomic mass is 79.9. The summed E-state index contributed by atoms with van der Waals surface area (Å²) in [4.78, 5) is 14.4. The summed E-state index contributed by atoms with van der Waals surface area (Å²) < 4.78 is 0.798. The second-order valence-corrected chi connectivity index (χ2v) is 6.10. The molecule has 5 heteroatoms. The number of nitrogen functional groups attached to an aromatic ring is 1. The average Bonchev–Trinajstić information content (AvgIpc) is 2.74. The van der Waals surface area contributed by atoms with Crippen LogP contribution in [0.1, 0.15) is 29.3 Å². The number of nitrogens with two attached hydrogens (primary N) is 1. The van der Waals surface area contributed by atoms with Crippen molar-refractivity contribution in [2.45, 2.75) is 26.3 Å². The van der Waals surface area contributed by atoms with Crippen molar-refractivity contribution in [2.75, 3.05) is 18.9 Å². The third-order valence-electron chi connectivity index (χ3n) is 3.97. The van der Waals surface area contributed by atoms with Crippen LogP contribution in [-0.4, -0.2) is 35.1 Å². The van der Waals surface area contributed by atoms with E-state index >= 15 is 0 Å². The zero-order valence-corrected chi connectivity index (χ0v) is 12.8. The molecule has 2 unspecified atom stereocenters. The van der Waals surface area contributed by atoms with E-state index in [0.29, 0.717) is 23.7 Å². The van der Waals surface area contributed by atoms with Crippen molar-refractivity contribution in [3.8, 4) is 0 Å². The van der Waals surface area contributed by atoms with Gasteiger partial charge in [0.05, 0.1) is 12.6 Å². The molecule has 0 aliphatic carbocycles. The lowest BCUT2D eigenvalue weighted by Gasteiger charge is -2.26. The molecule has 0 radical (unpaired) electrons. The van der Waals surface area contributed by atoms with Crippen molar-refractivity contribution < 1.29 is 9.90 Å². The molecule has 104 valence electrons. The van der Waals surface area contributed by atoms with Crippen LogP contribution in [-0.2, 0) is 0 Å². The van der Waals surface area contributed by atoms with E-state index in [9.17, 15) is 9.90 Å². The molecule has 4 nitrogen and oxygen atoms in total. The smallest absolute Gasteiger partial charge is 0.254 e. The summed E-state index contributed by atoms with van der Waals surface area (Å²) in [5.74, 6) is 0.285. The van der Waals surface area contributed by atoms with Crippen molar-refractivity contribution in [3.63, 3.8) is 0 Å². The number of rotatable bonds is 2. The minimum absolute atomic E-state index is 0.00936. The Morgan fingerprint density at radius 3 is 2.89 bits per heavy atom. The third-order valence-corrected chi connectivity index (χ3v) is 4.43. The van der Waals surface area contributed by atoms with E-state index in [-0.39, 0.29) is 18.6 Å². The van der Waals surface area contributed by atoms with E-state index in [1.165, 1.54) is 0 Å². The Hall–Kier alpha value is -1.07. The standard InChI is InChI=1S/C14H19BrN2O2/c1-8-3-4-17(13(8)7-18)14(19)11-5-10(15)6-12(16)9(11)2/h5-6,8,13,18H,3-4,7,16H2,1-2H3. The van der Waals surface area contributed by atoms with E-state index < -0.39 is 0 Å². The van der Waals surface area contributed by atoms with Gasteiger partial charge in [-0.05, 0) is 37.0 Å². The van der Waals surface area contributed by atoms with Gasteiger partial charge in [0.2, 0.25) is 0 Å². The molecule has 0 spiro atoms. The molecule has 0 bridgehead atoms. The second kappa shape index (κ2) is 5.51. The maximum atomic E-state index is 12.6. The molecule has 1 heterocycles. The lowest BCUT2D eigenvalue weighted by Crippen LogP contribution is -2.40. The summed E-state index contributed by atoms with van der Waals surface area (Å²) in [6, 6.07) is 3.50. The maximum absolute atomic E-state index is 12.6. The quantitative estimate of drug-likeness (QED) is 0.818. The molecule has 0 aromatic heterocycles. The molecule has 1 saturated heterocycles. The Kier molecular flexibility index (Phi) is 4.16. The zero-order valence-electron chi connectivity index (χ0n) is 11.2. The highest BCUT2D eigenvalue weighted by Crippen LogP contribution is 2.29. The van der Waals surface area contributed by atoms with Crippen LogP contribution in [0.15, 0.2) is 16.6 Å². The second-order valence-electron chi connectivity index (χ2n) is 5.18. The predicted molar refractivity (Wildman–Crippen MR) is 79.0 cm³/mol. The number of aliphatic hydroxyl groups excluding tert-OH is 1. The summed E-state index contributed by atoms with van der Waals surface area (Å²) in [7, 11) is 0. The average molecular weight is 327 g/mol. The molecule has 1 aromatic rings. The van der Waals surface area contributed by atoms with E-state index in [1.54, 1.807) is 17.0 Å². The van der Waals surface area contributed by atoms with E-state index in [0.717, 1.165) is 16.5 Å². The van der Waals surface area contributed by atoms with Crippen LogP contribution >= 0.6 is 15.9 Å². The molecule has 19 heavy (non-hydrogen) atoms. The summed E-state index contributed by atoms with van der Waals surface area (Å²) in [5.41, 5.74) is 7.91. The Morgan fingerprint density at radius 2 is 2.26 bits per heavy atom. The fourth-order valence-corrected chi connectivity index (χ4v) is 3.09. The van der Waals surface area contributed by atoms with Crippen molar-refractivity contribution in [3.05, 3.63) is 27.7 Å². The number of hydrogen-bond donors (Lipinski definition) is 2. The predicted octanol–water partition coefficient (Wildman–Crippen LogP) is 2.18. The van der Waals surface area contributed by atoms with Crippen LogP contribution in [0.25, 0.3) is 0 Å². The van der Waals surface area contributed by atoms with E-state index in [1.807, 2.05) is 6.92 Å². The Balaban J connectivity index is 2.35. The molecule has 2 rings (SSSR count). The van der Waals surface area contributed by atoms with Gasteiger partial charge in [0.25, 0.3) is 5.91 Å². The van der Waals surface area contributed by atoms with Gasteiger partial charge in [0, 0.05) is 22.3 Å². The van der Waals surface area contributed by atoms with E-state index in [2.05, 4.69) is 22.9 Å². The number of hydrogen-bond acceptors (Lipinski definition) is 3. The maximum Gasteiger partial charge on any atom is 0.254 e. The third kappa shape index (κ3) is 2.62. The number of anilines is 1. The Bertz CT molecular complexity index is 504. The summed E-state index contributed by atoms with van der Waals surface area (Å²) in [6.07, 6.45) is 0.930. The monoisotopic (exact) mass is 326 g/mol. The molecule has 0 saturated carbocycles. The van der Waals surface area contributed by atoms with Crippen molar-refractivity contribution in [2.24, 2.45) is 5.92 Å². The molecule has 1 aliphatic rings. The number of amides is 1. The van der Waals surface area contributed by atoms with Gasteiger partial charge in [-0.1, -0.05) is 22.9 Å². The van der Waals surface area contributed by atoms with Crippen LogP contribution in [0.2, 0.25) is 0 Å². The number of benzene rings is 1. The number of carbonyl (C=O) groups is 1. The van der Waals surface area contributed by atoms with E-state index in [4.69, 9.17) is 5.73 Å². The molecule has 1 fully saturated rings. The van der Waals surface area contributed by atoms with Crippen LogP contribution in [0.3, 0.4) is 0 Å². The first kappa shape index (κ1) is 14.3. The molecule has 1 aliphatic heterocycles. The van der Waals surface area contributed by atoms with Gasteiger partial charge in [0.1, 0.15) is 0 Å². The van der Waals surface area contributed by atoms with Crippen LogP contribution in [0.4, 0.5) is 5.69 Å². The molecular weight excluding hydrogens is 308 g/mol. The number of halogens is 1. The van der Waals surface area contributed by atoms with Crippen molar-refractivity contribution >= 4 is 27.5 Å². The van der Waals surface area contributed by atoms with Gasteiger partial charge in [-0.2, -0.15) is 0 Å². The van der Waals surface area contributed by atoms with Gasteiger partial charge in [0.15, 0.2) is 0 Å². The largest absolute Gasteiger partial charge is 0.398 e. The first-order valence-electron chi connectivity index (χ1n) is 6.43. The fourth-order valence-electron chi connectivity index (χ4n) is 2.62. The highest BCUT2D eigenvalue weighted by molar-refractivity contribution is 9.10. The molecule has 1 aromatic carbocycles. The SMILES string of the molecule is Cc1c(N)cc(Br)cc1C(=O)N1CCC(C)C1CO. The van der Waals surface area contributed by atoms with Gasteiger partial charge in [-0.15, -0.1) is 0 Å². The van der Waals surface area contributed by atoms with Gasteiger partial charge in [-0.3, -0.25) is 4.79 Å². The van der Waals surface area contributed by atoms with Crippen molar-refractivity contribution in [1.82, 2.24) is 4.90 Å². The topological polar surface area (TPSA) is 66.6 Å². The number of nitrogens with zero attached hydrogens (tertiary/aromatic N) is 1. The van der Waals surface area contributed by atoms with Gasteiger partial charge in [-0.25, -0.2) is 0 Å². The lowest BCUT2D eigenvalue weighted by molar-refractivity contribution is 0.0647. The minimum Gasteiger partial charge on any atom is -0.398 e. The highest BCUT2D eigenvalue weighted by Gasteiger charge is 2.34. The molecule has 2 atom stereocenters. The zero-order chi connectivity index (χ0) is 14.2. The van der Waals surface area contributed by atoms with Gasteiger partial charge < -0.3 is 15.7 Å². The first-order valence-corrected chi connectivity index (χ1v) is 7.22. The Morgan fingerprint density at radius 1 is 1.58 bits per heavy atom. The van der Waals surface area contributed by atoms with Crippen LogP contribution in [0, 0.1) is 12.8 Å². The number of carbonyl (C=O) groups excluding carboxylic acids is 1. The molecule has 1 amide bonds. The lowest BCUT2D eigenvalue weighted by atomic mass is 10.0.